The predicted molar refractivity (Wildman–Crippen MR) is 83.1 cm³/mol. The van der Waals surface area contributed by atoms with Gasteiger partial charge in [-0.05, 0) is 30.9 Å². The lowest BCUT2D eigenvalue weighted by molar-refractivity contribution is -0.152. The van der Waals surface area contributed by atoms with Crippen molar-refractivity contribution < 1.29 is 19.4 Å². The molecule has 5 nitrogen and oxygen atoms in total. The summed E-state index contributed by atoms with van der Waals surface area (Å²) in [6.07, 6.45) is 0.428. The van der Waals surface area contributed by atoms with Gasteiger partial charge in [0.15, 0.2) is 6.10 Å². The zero-order chi connectivity index (χ0) is 16.3. The molecule has 1 aromatic rings. The molecule has 6 heteroatoms. The Morgan fingerprint density at radius 3 is 2.64 bits per heavy atom. The van der Waals surface area contributed by atoms with Gasteiger partial charge in [-0.3, -0.25) is 4.79 Å². The summed E-state index contributed by atoms with van der Waals surface area (Å²) >= 11 is 6.07. The van der Waals surface area contributed by atoms with Gasteiger partial charge >= 0.3 is 5.97 Å². The minimum atomic E-state index is -0.967. The van der Waals surface area contributed by atoms with Crippen LogP contribution < -0.4 is 4.74 Å². The Bertz CT molecular complexity index is 561. The van der Waals surface area contributed by atoms with Crippen LogP contribution in [0.1, 0.15) is 26.7 Å². The van der Waals surface area contributed by atoms with E-state index in [0.29, 0.717) is 30.2 Å². The standard InChI is InChI=1S/C16H20ClNO4/c1-10(2)14(22-13-8-4-3-6-11(13)17)15(19)18-9-5-7-12(18)16(20)21/h3-4,6,8,10,12,14H,5,7,9H2,1-2H3,(H,20,21). The second-order valence-electron chi connectivity index (χ2n) is 5.74. The molecule has 1 fully saturated rings. The number of amides is 1. The molecule has 2 unspecified atom stereocenters. The van der Waals surface area contributed by atoms with Crippen LogP contribution in [-0.4, -0.2) is 40.6 Å². The third-order valence-corrected chi connectivity index (χ3v) is 4.07. The number of carbonyl (C=O) groups is 2. The average Bonchev–Trinajstić information content (AvgIpc) is 2.95. The fourth-order valence-electron chi connectivity index (χ4n) is 2.60. The largest absolute Gasteiger partial charge is 0.480 e. The molecule has 22 heavy (non-hydrogen) atoms. The van der Waals surface area contributed by atoms with Crippen molar-refractivity contribution in [2.45, 2.75) is 38.8 Å². The maximum absolute atomic E-state index is 12.7. The second-order valence-corrected chi connectivity index (χ2v) is 6.15. The average molecular weight is 326 g/mol. The fourth-order valence-corrected chi connectivity index (χ4v) is 2.78. The molecule has 1 aliphatic rings. The van der Waals surface area contributed by atoms with Gasteiger partial charge in [0.25, 0.3) is 5.91 Å². The molecule has 1 saturated heterocycles. The number of ether oxygens (including phenoxy) is 1. The molecule has 0 spiro atoms. The quantitative estimate of drug-likeness (QED) is 0.904. The molecule has 2 rings (SSSR count). The highest BCUT2D eigenvalue weighted by molar-refractivity contribution is 6.32. The molecule has 1 aliphatic heterocycles. The molecule has 0 aliphatic carbocycles. The minimum absolute atomic E-state index is 0.0983. The number of carboxylic acid groups (broad SMARTS) is 1. The van der Waals surface area contributed by atoms with Gasteiger partial charge in [-0.25, -0.2) is 4.79 Å². The van der Waals surface area contributed by atoms with Crippen molar-refractivity contribution in [2.24, 2.45) is 5.92 Å². The lowest BCUT2D eigenvalue weighted by Crippen LogP contribution is -2.49. The van der Waals surface area contributed by atoms with Crippen molar-refractivity contribution in [2.75, 3.05) is 6.54 Å². The topological polar surface area (TPSA) is 66.8 Å². The van der Waals surface area contributed by atoms with Gasteiger partial charge in [-0.15, -0.1) is 0 Å². The second kappa shape index (κ2) is 7.01. The number of rotatable bonds is 5. The molecule has 1 amide bonds. The van der Waals surface area contributed by atoms with Crippen molar-refractivity contribution in [1.82, 2.24) is 4.90 Å². The van der Waals surface area contributed by atoms with E-state index in [9.17, 15) is 14.7 Å². The third-order valence-electron chi connectivity index (χ3n) is 3.76. The van der Waals surface area contributed by atoms with Gasteiger partial charge in [-0.1, -0.05) is 37.6 Å². The summed E-state index contributed by atoms with van der Waals surface area (Å²) in [5.41, 5.74) is 0. The number of likely N-dealkylation sites (tertiary alicyclic amines) is 1. The summed E-state index contributed by atoms with van der Waals surface area (Å²) < 4.78 is 5.79. The van der Waals surface area contributed by atoms with E-state index in [-0.39, 0.29) is 11.8 Å². The monoisotopic (exact) mass is 325 g/mol. The third kappa shape index (κ3) is 3.53. The number of hydrogen-bond acceptors (Lipinski definition) is 3. The van der Waals surface area contributed by atoms with Crippen LogP contribution in [0.25, 0.3) is 0 Å². The van der Waals surface area contributed by atoms with E-state index in [1.165, 1.54) is 4.90 Å². The summed E-state index contributed by atoms with van der Waals surface area (Å²) in [6, 6.07) is 6.18. The number of benzene rings is 1. The highest BCUT2D eigenvalue weighted by Crippen LogP contribution is 2.28. The summed E-state index contributed by atoms with van der Waals surface area (Å²) in [6.45, 7) is 4.18. The summed E-state index contributed by atoms with van der Waals surface area (Å²) in [5, 5.41) is 9.66. The van der Waals surface area contributed by atoms with Crippen LogP contribution in [0.5, 0.6) is 5.75 Å². The number of aliphatic carboxylic acids is 1. The van der Waals surface area contributed by atoms with E-state index in [4.69, 9.17) is 16.3 Å². The highest BCUT2D eigenvalue weighted by atomic mass is 35.5. The predicted octanol–water partition coefficient (Wildman–Crippen LogP) is 2.82. The maximum atomic E-state index is 12.7. The molecule has 120 valence electrons. The first-order valence-corrected chi connectivity index (χ1v) is 7.74. The maximum Gasteiger partial charge on any atom is 0.326 e. The molecular formula is C16H20ClNO4. The normalized spacial score (nSPS) is 19.3. The highest BCUT2D eigenvalue weighted by Gasteiger charge is 2.39. The Morgan fingerprint density at radius 1 is 1.36 bits per heavy atom. The number of halogens is 1. The molecular weight excluding hydrogens is 306 g/mol. The number of para-hydroxylation sites is 1. The molecule has 0 saturated carbocycles. The summed E-state index contributed by atoms with van der Waals surface area (Å²) in [7, 11) is 0. The Kier molecular flexibility index (Phi) is 5.29. The minimum Gasteiger partial charge on any atom is -0.480 e. The number of carbonyl (C=O) groups excluding carboxylic acids is 1. The van der Waals surface area contributed by atoms with Crippen LogP contribution in [0.15, 0.2) is 24.3 Å². The van der Waals surface area contributed by atoms with Gasteiger partial charge in [0.1, 0.15) is 11.8 Å². The Balaban J connectivity index is 2.19. The van der Waals surface area contributed by atoms with E-state index >= 15 is 0 Å². The van der Waals surface area contributed by atoms with Gasteiger partial charge < -0.3 is 14.7 Å². The van der Waals surface area contributed by atoms with Gasteiger partial charge in [0, 0.05) is 6.54 Å². The lowest BCUT2D eigenvalue weighted by atomic mass is 10.1. The van der Waals surface area contributed by atoms with Crippen LogP contribution in [-0.2, 0) is 9.59 Å². The van der Waals surface area contributed by atoms with Crippen LogP contribution in [0, 0.1) is 5.92 Å². The molecule has 1 aromatic carbocycles. The van der Waals surface area contributed by atoms with Crippen molar-refractivity contribution >= 4 is 23.5 Å². The molecule has 0 aromatic heterocycles. The smallest absolute Gasteiger partial charge is 0.326 e. The molecule has 0 bridgehead atoms. The Morgan fingerprint density at radius 2 is 2.05 bits per heavy atom. The first-order chi connectivity index (χ1) is 10.4. The van der Waals surface area contributed by atoms with Crippen molar-refractivity contribution in [3.63, 3.8) is 0 Å². The zero-order valence-electron chi connectivity index (χ0n) is 12.7. The van der Waals surface area contributed by atoms with E-state index in [1.54, 1.807) is 24.3 Å². The van der Waals surface area contributed by atoms with E-state index in [1.807, 2.05) is 13.8 Å². The van der Waals surface area contributed by atoms with E-state index < -0.39 is 18.1 Å². The zero-order valence-corrected chi connectivity index (χ0v) is 13.4. The number of nitrogens with zero attached hydrogens (tertiary/aromatic N) is 1. The van der Waals surface area contributed by atoms with Gasteiger partial charge in [0.2, 0.25) is 0 Å². The summed E-state index contributed by atoms with van der Waals surface area (Å²) in [4.78, 5) is 25.4. The Hall–Kier alpha value is -1.75. The van der Waals surface area contributed by atoms with Crippen molar-refractivity contribution in [3.05, 3.63) is 29.3 Å². The van der Waals surface area contributed by atoms with Crippen LogP contribution in [0.4, 0.5) is 0 Å². The number of carboxylic acids is 1. The van der Waals surface area contributed by atoms with Crippen molar-refractivity contribution in [1.29, 1.82) is 0 Å². The first kappa shape index (κ1) is 16.6. The molecule has 0 radical (unpaired) electrons. The van der Waals surface area contributed by atoms with E-state index in [0.717, 1.165) is 0 Å². The first-order valence-electron chi connectivity index (χ1n) is 7.36. The Labute approximate surface area is 134 Å². The summed E-state index contributed by atoms with van der Waals surface area (Å²) in [5.74, 6) is -0.924. The van der Waals surface area contributed by atoms with E-state index in [2.05, 4.69) is 0 Å². The molecule has 2 atom stereocenters. The lowest BCUT2D eigenvalue weighted by Gasteiger charge is -2.29. The van der Waals surface area contributed by atoms with Crippen LogP contribution in [0.3, 0.4) is 0 Å². The van der Waals surface area contributed by atoms with Crippen LogP contribution in [0.2, 0.25) is 5.02 Å². The molecule has 1 N–H and O–H groups in total. The SMILES string of the molecule is CC(C)C(Oc1ccccc1Cl)C(=O)N1CCCC1C(=O)O. The van der Waals surface area contributed by atoms with Crippen molar-refractivity contribution in [3.8, 4) is 5.75 Å². The molecule has 1 heterocycles. The van der Waals surface area contributed by atoms with Crippen LogP contribution >= 0.6 is 11.6 Å². The fraction of sp³-hybridized carbons (Fsp3) is 0.500. The van der Waals surface area contributed by atoms with Gasteiger partial charge in [-0.2, -0.15) is 0 Å². The number of hydrogen-bond donors (Lipinski definition) is 1. The van der Waals surface area contributed by atoms with Gasteiger partial charge in [0.05, 0.1) is 5.02 Å².